The van der Waals surface area contributed by atoms with Crippen LogP contribution in [0.15, 0.2) is 47.3 Å². The third kappa shape index (κ3) is 2.42. The van der Waals surface area contributed by atoms with E-state index in [1.54, 1.807) is 12.1 Å². The number of esters is 1. The summed E-state index contributed by atoms with van der Waals surface area (Å²) >= 11 is 0. The van der Waals surface area contributed by atoms with Gasteiger partial charge in [-0.05, 0) is 30.3 Å². The van der Waals surface area contributed by atoms with Gasteiger partial charge in [0.2, 0.25) is 0 Å². The quantitative estimate of drug-likeness (QED) is 0.706. The number of aromatic nitrogens is 2. The number of ether oxygens (including phenoxy) is 1. The van der Waals surface area contributed by atoms with Gasteiger partial charge in [-0.15, -0.1) is 0 Å². The average Bonchev–Trinajstić information content (AvgIpc) is 2.53. The van der Waals surface area contributed by atoms with Crippen molar-refractivity contribution in [2.24, 2.45) is 0 Å². The minimum atomic E-state index is -0.497. The van der Waals surface area contributed by atoms with Crippen LogP contribution in [0.2, 0.25) is 0 Å². The molecule has 0 unspecified atom stereocenters. The summed E-state index contributed by atoms with van der Waals surface area (Å²) in [5.41, 5.74) is 0.946. The Hall–Kier alpha value is -3.15. The van der Waals surface area contributed by atoms with Crippen LogP contribution >= 0.6 is 0 Å². The molecule has 0 saturated heterocycles. The van der Waals surface area contributed by atoms with Gasteiger partial charge >= 0.3 is 5.97 Å². The molecular formula is C16H12N2O4. The molecule has 2 N–H and O–H groups in total. The summed E-state index contributed by atoms with van der Waals surface area (Å²) in [5, 5.41) is 9.90. The molecule has 110 valence electrons. The van der Waals surface area contributed by atoms with Gasteiger partial charge in [0.15, 0.2) is 0 Å². The number of phenolic OH excluding ortho intramolecular Hbond substituents is 1. The normalized spacial score (nSPS) is 10.6. The van der Waals surface area contributed by atoms with Crippen molar-refractivity contribution in [1.29, 1.82) is 0 Å². The number of nitrogens with one attached hydrogen (secondary N) is 1. The molecule has 0 atom stereocenters. The van der Waals surface area contributed by atoms with Crippen molar-refractivity contribution in [2.45, 2.75) is 0 Å². The van der Waals surface area contributed by atoms with E-state index in [0.717, 1.165) is 0 Å². The fraction of sp³-hybridized carbons (Fsp3) is 0.0625. The minimum Gasteiger partial charge on any atom is -0.508 e. The van der Waals surface area contributed by atoms with Crippen LogP contribution in [0.5, 0.6) is 5.75 Å². The molecule has 0 fully saturated rings. The Morgan fingerprint density at radius 3 is 2.77 bits per heavy atom. The molecule has 3 aromatic rings. The van der Waals surface area contributed by atoms with Gasteiger partial charge in [-0.1, -0.05) is 12.1 Å². The van der Waals surface area contributed by atoms with E-state index in [9.17, 15) is 14.7 Å². The Bertz CT molecular complexity index is 931. The number of phenols is 1. The van der Waals surface area contributed by atoms with Gasteiger partial charge in [-0.2, -0.15) is 0 Å². The first-order valence-corrected chi connectivity index (χ1v) is 6.50. The van der Waals surface area contributed by atoms with Crippen molar-refractivity contribution in [3.8, 4) is 17.1 Å². The number of rotatable bonds is 2. The summed E-state index contributed by atoms with van der Waals surface area (Å²) in [6.07, 6.45) is 0. The zero-order valence-electron chi connectivity index (χ0n) is 11.7. The fourth-order valence-electron chi connectivity index (χ4n) is 2.17. The topological polar surface area (TPSA) is 92.3 Å². The smallest absolute Gasteiger partial charge is 0.337 e. The number of benzene rings is 2. The number of methoxy groups -OCH3 is 1. The Kier molecular flexibility index (Phi) is 3.34. The van der Waals surface area contributed by atoms with Gasteiger partial charge in [0.05, 0.1) is 23.6 Å². The van der Waals surface area contributed by atoms with Gasteiger partial charge in [-0.3, -0.25) is 4.79 Å². The van der Waals surface area contributed by atoms with Crippen LogP contribution < -0.4 is 5.56 Å². The number of hydrogen-bond donors (Lipinski definition) is 2. The van der Waals surface area contributed by atoms with E-state index in [0.29, 0.717) is 27.9 Å². The second kappa shape index (κ2) is 5.33. The molecule has 0 aliphatic heterocycles. The van der Waals surface area contributed by atoms with Crippen LogP contribution in [0, 0.1) is 0 Å². The van der Waals surface area contributed by atoms with Gasteiger partial charge in [0.1, 0.15) is 11.6 Å². The van der Waals surface area contributed by atoms with Crippen LogP contribution in [0.3, 0.4) is 0 Å². The Morgan fingerprint density at radius 2 is 2.05 bits per heavy atom. The molecule has 22 heavy (non-hydrogen) atoms. The van der Waals surface area contributed by atoms with E-state index < -0.39 is 5.97 Å². The number of fused-ring (bicyclic) bond motifs is 1. The molecule has 0 bridgehead atoms. The molecule has 6 heteroatoms. The van der Waals surface area contributed by atoms with E-state index in [1.807, 2.05) is 0 Å². The lowest BCUT2D eigenvalue weighted by Gasteiger charge is -2.05. The first-order chi connectivity index (χ1) is 10.6. The minimum absolute atomic E-state index is 0.0727. The lowest BCUT2D eigenvalue weighted by molar-refractivity contribution is 0.0601. The number of aromatic hydroxyl groups is 1. The van der Waals surface area contributed by atoms with E-state index in [-0.39, 0.29) is 11.3 Å². The van der Waals surface area contributed by atoms with Crippen molar-refractivity contribution in [3.63, 3.8) is 0 Å². The summed E-state index contributed by atoms with van der Waals surface area (Å²) in [5.74, 6) is -0.109. The highest BCUT2D eigenvalue weighted by Gasteiger charge is 2.10. The highest BCUT2D eigenvalue weighted by molar-refractivity contribution is 5.94. The molecule has 6 nitrogen and oxygen atoms in total. The van der Waals surface area contributed by atoms with Gasteiger partial charge < -0.3 is 14.8 Å². The molecule has 1 aromatic heterocycles. The Morgan fingerprint density at radius 1 is 1.23 bits per heavy atom. The highest BCUT2D eigenvalue weighted by atomic mass is 16.5. The number of H-pyrrole nitrogens is 1. The monoisotopic (exact) mass is 296 g/mol. The predicted molar refractivity (Wildman–Crippen MR) is 80.8 cm³/mol. The van der Waals surface area contributed by atoms with E-state index >= 15 is 0 Å². The Balaban J connectivity index is 2.21. The summed E-state index contributed by atoms with van der Waals surface area (Å²) < 4.78 is 4.66. The summed E-state index contributed by atoms with van der Waals surface area (Å²) in [7, 11) is 1.29. The predicted octanol–water partition coefficient (Wildman–Crippen LogP) is 2.08. The second-order valence-corrected chi connectivity index (χ2v) is 4.69. The van der Waals surface area contributed by atoms with E-state index in [2.05, 4.69) is 14.7 Å². The maximum absolute atomic E-state index is 12.1. The molecule has 0 saturated carbocycles. The third-order valence-corrected chi connectivity index (χ3v) is 3.25. The highest BCUT2D eigenvalue weighted by Crippen LogP contribution is 2.21. The lowest BCUT2D eigenvalue weighted by atomic mass is 10.1. The summed E-state index contributed by atoms with van der Waals surface area (Å²) in [6, 6.07) is 10.9. The van der Waals surface area contributed by atoms with Gasteiger partial charge in [0.25, 0.3) is 5.56 Å². The SMILES string of the molecule is COC(=O)c1ccc2c(=O)[nH]c(-c3cccc(O)c3)nc2c1. The van der Waals surface area contributed by atoms with Crippen molar-refractivity contribution in [2.75, 3.05) is 7.11 Å². The molecule has 3 rings (SSSR count). The van der Waals surface area contributed by atoms with Crippen molar-refractivity contribution < 1.29 is 14.6 Å². The largest absolute Gasteiger partial charge is 0.508 e. The van der Waals surface area contributed by atoms with Crippen molar-refractivity contribution in [3.05, 3.63) is 58.4 Å². The molecule has 0 aliphatic carbocycles. The summed E-state index contributed by atoms with van der Waals surface area (Å²) in [4.78, 5) is 30.7. The molecule has 0 aliphatic rings. The molecular weight excluding hydrogens is 284 g/mol. The zero-order chi connectivity index (χ0) is 15.7. The van der Waals surface area contributed by atoms with Crippen LogP contribution in [-0.4, -0.2) is 28.2 Å². The molecule has 0 amide bonds. The van der Waals surface area contributed by atoms with E-state index in [4.69, 9.17) is 0 Å². The third-order valence-electron chi connectivity index (χ3n) is 3.25. The molecule has 0 spiro atoms. The average molecular weight is 296 g/mol. The number of nitrogens with zero attached hydrogens (tertiary/aromatic N) is 1. The fourth-order valence-corrected chi connectivity index (χ4v) is 2.17. The number of carbonyl (C=O) groups excluding carboxylic acids is 1. The lowest BCUT2D eigenvalue weighted by Crippen LogP contribution is -2.10. The van der Waals surface area contributed by atoms with Crippen LogP contribution in [0.4, 0.5) is 0 Å². The van der Waals surface area contributed by atoms with Gasteiger partial charge in [-0.25, -0.2) is 9.78 Å². The molecule has 1 heterocycles. The first-order valence-electron chi connectivity index (χ1n) is 6.50. The maximum Gasteiger partial charge on any atom is 0.337 e. The molecule has 0 radical (unpaired) electrons. The van der Waals surface area contributed by atoms with Gasteiger partial charge in [0, 0.05) is 5.56 Å². The first kappa shape index (κ1) is 13.8. The van der Waals surface area contributed by atoms with Crippen LogP contribution in [-0.2, 0) is 4.74 Å². The van der Waals surface area contributed by atoms with Crippen LogP contribution in [0.1, 0.15) is 10.4 Å². The van der Waals surface area contributed by atoms with Crippen LogP contribution in [0.25, 0.3) is 22.3 Å². The summed E-state index contributed by atoms with van der Waals surface area (Å²) in [6.45, 7) is 0. The van der Waals surface area contributed by atoms with Crippen molar-refractivity contribution >= 4 is 16.9 Å². The number of hydrogen-bond acceptors (Lipinski definition) is 5. The van der Waals surface area contributed by atoms with E-state index in [1.165, 1.54) is 37.4 Å². The number of carbonyl (C=O) groups is 1. The molecule has 2 aromatic carbocycles. The standard InChI is InChI=1S/C16H12N2O4/c1-22-16(21)10-5-6-12-13(8-10)17-14(18-15(12)20)9-3-2-4-11(19)7-9/h2-8,19H,1H3,(H,17,18,20). The second-order valence-electron chi connectivity index (χ2n) is 4.69. The zero-order valence-corrected chi connectivity index (χ0v) is 11.7. The van der Waals surface area contributed by atoms with Crippen molar-refractivity contribution in [1.82, 2.24) is 9.97 Å². The maximum atomic E-state index is 12.1. The Labute approximate surface area is 125 Å². The number of aromatic amines is 1.